The first-order valence-corrected chi connectivity index (χ1v) is 7.84. The van der Waals surface area contributed by atoms with Gasteiger partial charge < -0.3 is 10.1 Å². The molecule has 18 heavy (non-hydrogen) atoms. The second kappa shape index (κ2) is 9.80. The minimum Gasteiger partial charge on any atom is -0.377 e. The van der Waals surface area contributed by atoms with Crippen molar-refractivity contribution in [2.45, 2.75) is 84.8 Å². The second-order valence-electron chi connectivity index (χ2n) is 5.81. The predicted octanol–water partition coefficient (Wildman–Crippen LogP) is 4.39. The van der Waals surface area contributed by atoms with E-state index in [0.29, 0.717) is 6.04 Å². The Morgan fingerprint density at radius 3 is 2.06 bits per heavy atom. The lowest BCUT2D eigenvalue weighted by Crippen LogP contribution is -2.51. The summed E-state index contributed by atoms with van der Waals surface area (Å²) in [5.74, 6) is 0.803. The lowest BCUT2D eigenvalue weighted by Gasteiger charge is -2.39. The summed E-state index contributed by atoms with van der Waals surface area (Å²) in [5, 5.41) is 3.71. The van der Waals surface area contributed by atoms with Crippen LogP contribution >= 0.6 is 0 Å². The van der Waals surface area contributed by atoms with Gasteiger partial charge in [0.1, 0.15) is 0 Å². The van der Waals surface area contributed by atoms with E-state index in [1.807, 2.05) is 7.11 Å². The first-order valence-electron chi connectivity index (χ1n) is 7.84. The fourth-order valence-corrected chi connectivity index (χ4v) is 2.77. The van der Waals surface area contributed by atoms with E-state index in [9.17, 15) is 0 Å². The van der Waals surface area contributed by atoms with Crippen molar-refractivity contribution in [3.8, 4) is 0 Å². The van der Waals surface area contributed by atoms with Crippen molar-refractivity contribution in [1.82, 2.24) is 5.32 Å². The number of methoxy groups -OCH3 is 1. The highest BCUT2D eigenvalue weighted by atomic mass is 16.5. The van der Waals surface area contributed by atoms with Crippen molar-refractivity contribution < 1.29 is 4.74 Å². The molecule has 0 aliphatic rings. The highest BCUT2D eigenvalue weighted by Gasteiger charge is 2.34. The molecule has 0 saturated heterocycles. The average Bonchev–Trinajstić information content (AvgIpc) is 2.37. The van der Waals surface area contributed by atoms with Crippen LogP contribution in [-0.4, -0.2) is 25.3 Å². The average molecular weight is 257 g/mol. The zero-order valence-corrected chi connectivity index (χ0v) is 13.5. The Bertz CT molecular complexity index is 179. The fourth-order valence-electron chi connectivity index (χ4n) is 2.77. The lowest BCUT2D eigenvalue weighted by molar-refractivity contribution is -0.0500. The van der Waals surface area contributed by atoms with Crippen LogP contribution in [-0.2, 0) is 4.74 Å². The summed E-state index contributed by atoms with van der Waals surface area (Å²) in [6.07, 6.45) is 7.20. The van der Waals surface area contributed by atoms with Crippen molar-refractivity contribution in [2.75, 3.05) is 13.7 Å². The molecule has 0 amide bonds. The largest absolute Gasteiger partial charge is 0.377 e. The van der Waals surface area contributed by atoms with Gasteiger partial charge in [-0.25, -0.2) is 0 Å². The summed E-state index contributed by atoms with van der Waals surface area (Å²) >= 11 is 0. The molecule has 0 saturated carbocycles. The van der Waals surface area contributed by atoms with Crippen LogP contribution in [0.15, 0.2) is 0 Å². The summed E-state index contributed by atoms with van der Waals surface area (Å²) in [4.78, 5) is 0. The SMILES string of the molecule is CCCNC(CCCC(C)C)C(CC)(CC)OC. The van der Waals surface area contributed by atoms with E-state index in [1.165, 1.54) is 25.7 Å². The van der Waals surface area contributed by atoms with Gasteiger partial charge in [0, 0.05) is 13.2 Å². The minimum atomic E-state index is 0.0200. The molecule has 0 spiro atoms. The highest BCUT2D eigenvalue weighted by molar-refractivity contribution is 4.91. The van der Waals surface area contributed by atoms with Gasteiger partial charge in [-0.05, 0) is 38.1 Å². The zero-order valence-electron chi connectivity index (χ0n) is 13.5. The van der Waals surface area contributed by atoms with Crippen LogP contribution in [0.1, 0.15) is 73.1 Å². The third-order valence-electron chi connectivity index (χ3n) is 4.15. The van der Waals surface area contributed by atoms with Crippen LogP contribution in [0.3, 0.4) is 0 Å². The molecule has 0 aromatic heterocycles. The molecule has 1 N–H and O–H groups in total. The van der Waals surface area contributed by atoms with E-state index in [-0.39, 0.29) is 5.60 Å². The van der Waals surface area contributed by atoms with Crippen LogP contribution in [0.25, 0.3) is 0 Å². The van der Waals surface area contributed by atoms with Crippen LogP contribution in [0.5, 0.6) is 0 Å². The topological polar surface area (TPSA) is 21.3 Å². The van der Waals surface area contributed by atoms with Crippen LogP contribution in [0, 0.1) is 5.92 Å². The summed E-state index contributed by atoms with van der Waals surface area (Å²) in [7, 11) is 1.87. The van der Waals surface area contributed by atoms with Gasteiger partial charge in [-0.15, -0.1) is 0 Å². The minimum absolute atomic E-state index is 0.0200. The van der Waals surface area contributed by atoms with E-state index in [1.54, 1.807) is 0 Å². The molecule has 0 rings (SSSR count). The van der Waals surface area contributed by atoms with Gasteiger partial charge in [-0.2, -0.15) is 0 Å². The van der Waals surface area contributed by atoms with Crippen molar-refractivity contribution in [2.24, 2.45) is 5.92 Å². The van der Waals surface area contributed by atoms with Gasteiger partial charge in [0.2, 0.25) is 0 Å². The van der Waals surface area contributed by atoms with E-state index in [4.69, 9.17) is 4.74 Å². The molecule has 110 valence electrons. The molecule has 0 fully saturated rings. The molecule has 1 unspecified atom stereocenters. The fraction of sp³-hybridized carbons (Fsp3) is 1.00. The summed E-state index contributed by atoms with van der Waals surface area (Å²) in [5.41, 5.74) is 0.0200. The van der Waals surface area contributed by atoms with Gasteiger partial charge >= 0.3 is 0 Å². The quantitative estimate of drug-likeness (QED) is 0.593. The van der Waals surface area contributed by atoms with Crippen molar-refractivity contribution in [3.63, 3.8) is 0 Å². The van der Waals surface area contributed by atoms with Crippen molar-refractivity contribution in [3.05, 3.63) is 0 Å². The molecule has 0 aliphatic carbocycles. The Labute approximate surface area is 115 Å². The molecule has 0 aromatic rings. The zero-order chi connectivity index (χ0) is 14.0. The Morgan fingerprint density at radius 2 is 1.67 bits per heavy atom. The number of ether oxygens (including phenoxy) is 1. The van der Waals surface area contributed by atoms with Crippen molar-refractivity contribution >= 4 is 0 Å². The smallest absolute Gasteiger partial charge is 0.0825 e. The van der Waals surface area contributed by atoms with E-state index in [2.05, 4.69) is 39.9 Å². The maximum absolute atomic E-state index is 5.89. The maximum atomic E-state index is 5.89. The number of hydrogen-bond donors (Lipinski definition) is 1. The van der Waals surface area contributed by atoms with E-state index in [0.717, 1.165) is 25.3 Å². The van der Waals surface area contributed by atoms with Gasteiger partial charge in [0.15, 0.2) is 0 Å². The number of hydrogen-bond acceptors (Lipinski definition) is 2. The third kappa shape index (κ3) is 5.71. The van der Waals surface area contributed by atoms with Gasteiger partial charge in [-0.1, -0.05) is 47.5 Å². The molecule has 0 heterocycles. The Kier molecular flexibility index (Phi) is 9.76. The second-order valence-corrected chi connectivity index (χ2v) is 5.81. The van der Waals surface area contributed by atoms with E-state index < -0.39 is 0 Å². The molecule has 2 nitrogen and oxygen atoms in total. The molecule has 0 aromatic carbocycles. The molecule has 1 atom stereocenters. The third-order valence-corrected chi connectivity index (χ3v) is 4.15. The Hall–Kier alpha value is -0.0800. The molecular formula is C16H35NO. The maximum Gasteiger partial charge on any atom is 0.0825 e. The first-order chi connectivity index (χ1) is 8.56. The standard InChI is InChI=1S/C16H35NO/c1-7-13-17-15(12-10-11-14(4)5)16(8-2,9-3)18-6/h14-15,17H,7-13H2,1-6H3. The molecule has 0 bridgehead atoms. The predicted molar refractivity (Wildman–Crippen MR) is 81.1 cm³/mol. The molecule has 0 aliphatic heterocycles. The summed E-state index contributed by atoms with van der Waals surface area (Å²) in [6, 6.07) is 0.496. The van der Waals surface area contributed by atoms with Gasteiger partial charge in [0.05, 0.1) is 5.60 Å². The van der Waals surface area contributed by atoms with Crippen LogP contribution in [0.2, 0.25) is 0 Å². The summed E-state index contributed by atoms with van der Waals surface area (Å²) in [6.45, 7) is 12.4. The summed E-state index contributed by atoms with van der Waals surface area (Å²) < 4.78 is 5.89. The van der Waals surface area contributed by atoms with Crippen LogP contribution in [0.4, 0.5) is 0 Å². The number of rotatable bonds is 11. The van der Waals surface area contributed by atoms with Gasteiger partial charge in [-0.3, -0.25) is 0 Å². The number of nitrogens with one attached hydrogen (secondary N) is 1. The Morgan fingerprint density at radius 1 is 1.06 bits per heavy atom. The van der Waals surface area contributed by atoms with Gasteiger partial charge in [0.25, 0.3) is 0 Å². The lowest BCUT2D eigenvalue weighted by atomic mass is 9.84. The highest BCUT2D eigenvalue weighted by Crippen LogP contribution is 2.28. The molecule has 2 heteroatoms. The Balaban J connectivity index is 4.51. The molecule has 0 radical (unpaired) electrons. The normalized spacial score (nSPS) is 14.2. The van der Waals surface area contributed by atoms with Crippen LogP contribution < -0.4 is 5.32 Å². The molecular weight excluding hydrogens is 222 g/mol. The van der Waals surface area contributed by atoms with Crippen molar-refractivity contribution in [1.29, 1.82) is 0 Å². The first kappa shape index (κ1) is 17.9. The van der Waals surface area contributed by atoms with E-state index >= 15 is 0 Å². The monoisotopic (exact) mass is 257 g/mol.